The van der Waals surface area contributed by atoms with Crippen LogP contribution in [0.3, 0.4) is 0 Å². The molecule has 34 heavy (non-hydrogen) atoms. The molecule has 0 N–H and O–H groups in total. The van der Waals surface area contributed by atoms with Crippen LogP contribution in [0, 0.1) is 11.2 Å². The Labute approximate surface area is 198 Å². The molecular weight excluding hydrogens is 460 g/mol. The van der Waals surface area contributed by atoms with Gasteiger partial charge in [-0.15, -0.1) is 0 Å². The topological polar surface area (TPSA) is 73.0 Å². The highest BCUT2D eigenvalue weighted by atomic mass is 32.2. The number of carbonyl (C=O) groups excluding carboxylic acids is 1. The first-order valence-corrected chi connectivity index (χ1v) is 12.3. The average molecular weight is 486 g/mol. The number of hydrogen-bond donors (Lipinski definition) is 0. The first kappa shape index (κ1) is 22.8. The standard InChI is InChI=1S/C24H25F2N5O2S/c1-29-10-8-23(28-29)34(33)30(11-9-25)21-5-2-18-12-22-17(13-24(18,14-21)16-32)15-27-31(22)20-6-3-19(26)4-7-20/h3-4,6-8,10,12,15-16,21H,2,5,9,11,13-14H2,1H3. The molecule has 5 rings (SSSR count). The van der Waals surface area contributed by atoms with Crippen LogP contribution in [-0.2, 0) is 29.2 Å². The number of fused-ring (bicyclic) bond motifs is 2. The van der Waals surface area contributed by atoms with E-state index in [0.29, 0.717) is 30.7 Å². The van der Waals surface area contributed by atoms with E-state index >= 15 is 0 Å². The Morgan fingerprint density at radius 1 is 1.29 bits per heavy atom. The lowest BCUT2D eigenvalue weighted by Crippen LogP contribution is -2.47. The van der Waals surface area contributed by atoms with Gasteiger partial charge in [0.1, 0.15) is 29.8 Å². The van der Waals surface area contributed by atoms with Gasteiger partial charge in [0.05, 0.1) is 23.0 Å². The number of halogens is 2. The lowest BCUT2D eigenvalue weighted by atomic mass is 9.64. The molecule has 3 atom stereocenters. The Balaban J connectivity index is 1.45. The number of nitrogens with zero attached hydrogens (tertiary/aromatic N) is 5. The maximum Gasteiger partial charge on any atom is 0.164 e. The molecule has 178 valence electrons. The number of hydrogen-bond acceptors (Lipinski definition) is 4. The van der Waals surface area contributed by atoms with Crippen molar-refractivity contribution < 1.29 is 17.8 Å². The molecule has 2 aliphatic rings. The van der Waals surface area contributed by atoms with Gasteiger partial charge in [-0.3, -0.25) is 4.68 Å². The van der Waals surface area contributed by atoms with Crippen LogP contribution in [0.5, 0.6) is 0 Å². The molecule has 1 saturated carbocycles. The van der Waals surface area contributed by atoms with Crippen molar-refractivity contribution in [3.63, 3.8) is 0 Å². The predicted molar refractivity (Wildman–Crippen MR) is 124 cm³/mol. The minimum atomic E-state index is -1.62. The summed E-state index contributed by atoms with van der Waals surface area (Å²) < 4.78 is 45.0. The van der Waals surface area contributed by atoms with Gasteiger partial charge in [-0.2, -0.15) is 10.2 Å². The molecule has 0 aliphatic heterocycles. The summed E-state index contributed by atoms with van der Waals surface area (Å²) in [6.07, 6.45) is 8.63. The van der Waals surface area contributed by atoms with E-state index in [0.717, 1.165) is 28.8 Å². The van der Waals surface area contributed by atoms with Gasteiger partial charge in [0.2, 0.25) is 0 Å². The molecule has 2 heterocycles. The van der Waals surface area contributed by atoms with Gasteiger partial charge >= 0.3 is 0 Å². The monoisotopic (exact) mass is 485 g/mol. The average Bonchev–Trinajstić information content (AvgIpc) is 3.46. The molecular formula is C24H25F2N5O2S. The van der Waals surface area contributed by atoms with Crippen molar-refractivity contribution in [1.82, 2.24) is 23.9 Å². The Hall–Kier alpha value is -2.98. The van der Waals surface area contributed by atoms with E-state index in [1.807, 2.05) is 6.08 Å². The molecule has 0 amide bonds. The zero-order chi connectivity index (χ0) is 23.9. The summed E-state index contributed by atoms with van der Waals surface area (Å²) in [5, 5.41) is 9.10. The molecule has 3 unspecified atom stereocenters. The molecule has 0 bridgehead atoms. The van der Waals surface area contributed by atoms with Gasteiger partial charge in [0, 0.05) is 25.8 Å². The summed E-state index contributed by atoms with van der Waals surface area (Å²) in [6, 6.07) is 7.56. The largest absolute Gasteiger partial charge is 0.302 e. The summed E-state index contributed by atoms with van der Waals surface area (Å²) in [7, 11) is 0.122. The lowest BCUT2D eigenvalue weighted by Gasteiger charge is -2.44. The van der Waals surface area contributed by atoms with Gasteiger partial charge in [-0.1, -0.05) is 5.57 Å². The van der Waals surface area contributed by atoms with Gasteiger partial charge in [-0.05, 0) is 67.7 Å². The van der Waals surface area contributed by atoms with Crippen LogP contribution in [0.1, 0.15) is 30.5 Å². The second-order valence-corrected chi connectivity index (χ2v) is 10.3. The number of alkyl halides is 1. The van der Waals surface area contributed by atoms with Gasteiger partial charge in [0.15, 0.2) is 5.03 Å². The minimum absolute atomic E-state index is 0.00951. The third-order valence-electron chi connectivity index (χ3n) is 6.78. The van der Waals surface area contributed by atoms with Gasteiger partial charge in [-0.25, -0.2) is 22.0 Å². The van der Waals surface area contributed by atoms with E-state index in [2.05, 4.69) is 10.2 Å². The number of carbonyl (C=O) groups is 1. The number of rotatable bonds is 7. The highest BCUT2D eigenvalue weighted by Gasteiger charge is 2.45. The van der Waals surface area contributed by atoms with Crippen LogP contribution in [0.2, 0.25) is 0 Å². The zero-order valence-corrected chi connectivity index (χ0v) is 19.5. The van der Waals surface area contributed by atoms with E-state index in [1.54, 1.807) is 51.3 Å². The molecule has 0 radical (unpaired) electrons. The van der Waals surface area contributed by atoms with Crippen LogP contribution in [0.25, 0.3) is 11.8 Å². The molecule has 1 fully saturated rings. The zero-order valence-electron chi connectivity index (χ0n) is 18.7. The Bertz CT molecular complexity index is 1270. The molecule has 0 saturated heterocycles. The van der Waals surface area contributed by atoms with Crippen molar-refractivity contribution >= 4 is 23.3 Å². The van der Waals surface area contributed by atoms with Crippen LogP contribution < -0.4 is 0 Å². The highest BCUT2D eigenvalue weighted by molar-refractivity contribution is 7.82. The molecule has 1 aromatic carbocycles. The molecule has 2 aromatic heterocycles. The van der Waals surface area contributed by atoms with Crippen molar-refractivity contribution in [2.45, 2.75) is 36.8 Å². The summed E-state index contributed by atoms with van der Waals surface area (Å²) in [5.41, 5.74) is 2.79. The SMILES string of the molecule is Cn1ccc(S(=O)N(CCF)C2CCC3=Cc4c(cnn4-c4ccc(F)cc4)CC3(C=O)C2)n1. The van der Waals surface area contributed by atoms with Gasteiger partial charge < -0.3 is 4.79 Å². The smallest absolute Gasteiger partial charge is 0.164 e. The van der Waals surface area contributed by atoms with Crippen LogP contribution in [0.15, 0.2) is 53.3 Å². The Morgan fingerprint density at radius 3 is 2.76 bits per heavy atom. The number of aromatic nitrogens is 4. The Kier molecular flexibility index (Phi) is 6.03. The van der Waals surface area contributed by atoms with Crippen molar-refractivity contribution in [2.75, 3.05) is 13.2 Å². The maximum absolute atomic E-state index is 13.5. The fourth-order valence-corrected chi connectivity index (χ4v) is 6.41. The molecule has 0 spiro atoms. The molecule has 3 aromatic rings. The normalized spacial score (nSPS) is 22.7. The van der Waals surface area contributed by atoms with E-state index in [9.17, 15) is 17.8 Å². The first-order valence-electron chi connectivity index (χ1n) is 11.2. The van der Waals surface area contributed by atoms with E-state index in [-0.39, 0.29) is 18.4 Å². The summed E-state index contributed by atoms with van der Waals surface area (Å²) in [4.78, 5) is 12.5. The molecule has 2 aliphatic carbocycles. The molecule has 10 heteroatoms. The van der Waals surface area contributed by atoms with Crippen LogP contribution >= 0.6 is 0 Å². The summed E-state index contributed by atoms with van der Waals surface area (Å²) >= 11 is 0. The fourth-order valence-electron chi connectivity index (χ4n) is 5.10. The molecule has 7 nitrogen and oxygen atoms in total. The van der Waals surface area contributed by atoms with Crippen molar-refractivity contribution in [2.24, 2.45) is 12.5 Å². The van der Waals surface area contributed by atoms with Gasteiger partial charge in [0.25, 0.3) is 0 Å². The number of aldehydes is 1. The second-order valence-electron chi connectivity index (χ2n) is 8.87. The van der Waals surface area contributed by atoms with Crippen LogP contribution in [-0.4, -0.2) is 53.6 Å². The number of allylic oxidation sites excluding steroid dienone is 1. The van der Waals surface area contributed by atoms with E-state index < -0.39 is 23.1 Å². The van der Waals surface area contributed by atoms with Crippen molar-refractivity contribution in [3.8, 4) is 5.69 Å². The van der Waals surface area contributed by atoms with Crippen LogP contribution in [0.4, 0.5) is 8.78 Å². The number of aryl methyl sites for hydroxylation is 1. The Morgan fingerprint density at radius 2 is 2.09 bits per heavy atom. The lowest BCUT2D eigenvalue weighted by molar-refractivity contribution is -0.116. The third kappa shape index (κ3) is 3.94. The van der Waals surface area contributed by atoms with Crippen molar-refractivity contribution in [3.05, 3.63) is 65.4 Å². The van der Waals surface area contributed by atoms with Crippen molar-refractivity contribution in [1.29, 1.82) is 0 Å². The second kappa shape index (κ2) is 8.99. The number of benzene rings is 1. The fraction of sp³-hybridized carbons (Fsp3) is 0.375. The minimum Gasteiger partial charge on any atom is -0.302 e. The highest BCUT2D eigenvalue weighted by Crippen LogP contribution is 2.48. The van der Waals surface area contributed by atoms with E-state index in [1.165, 1.54) is 12.1 Å². The predicted octanol–water partition coefficient (Wildman–Crippen LogP) is 3.42. The summed E-state index contributed by atoms with van der Waals surface area (Å²) in [6.45, 7) is -0.629. The maximum atomic E-state index is 13.5. The summed E-state index contributed by atoms with van der Waals surface area (Å²) in [5.74, 6) is -0.317. The van der Waals surface area contributed by atoms with E-state index in [4.69, 9.17) is 0 Å². The first-order chi connectivity index (χ1) is 16.4. The third-order valence-corrected chi connectivity index (χ3v) is 8.26. The quantitative estimate of drug-likeness (QED) is 0.481.